The molecule has 5 aliphatic carbocycles. The number of carbonyl (C=O) groups is 2. The minimum atomic E-state index is -1.86. The van der Waals surface area contributed by atoms with Gasteiger partial charge in [-0.1, -0.05) is 60.1 Å². The van der Waals surface area contributed by atoms with Crippen LogP contribution in [0.15, 0.2) is 11.6 Å². The fourth-order valence-electron chi connectivity index (χ4n) is 15.5. The van der Waals surface area contributed by atoms with Crippen molar-refractivity contribution in [3.8, 4) is 0 Å². The van der Waals surface area contributed by atoms with E-state index in [2.05, 4.69) is 40.7 Å². The van der Waals surface area contributed by atoms with Crippen molar-refractivity contribution >= 4 is 11.9 Å². The first kappa shape index (κ1) is 56.2. The molecular formula is C51H82O21. The Morgan fingerprint density at radius 1 is 0.708 bits per heavy atom. The average Bonchev–Trinajstić information content (AvgIpc) is 3.30. The van der Waals surface area contributed by atoms with Gasteiger partial charge in [0.05, 0.1) is 43.5 Å². The van der Waals surface area contributed by atoms with Gasteiger partial charge in [0.25, 0.3) is 0 Å². The summed E-state index contributed by atoms with van der Waals surface area (Å²) >= 11 is 0. The summed E-state index contributed by atoms with van der Waals surface area (Å²) in [7, 11) is 0. The van der Waals surface area contributed by atoms with Crippen LogP contribution in [0.1, 0.15) is 107 Å². The van der Waals surface area contributed by atoms with Crippen molar-refractivity contribution in [3.05, 3.63) is 11.6 Å². The van der Waals surface area contributed by atoms with Crippen LogP contribution in [-0.2, 0) is 47.5 Å². The Hall–Kier alpha value is -2.00. The highest BCUT2D eigenvalue weighted by molar-refractivity contribution is 5.67. The van der Waals surface area contributed by atoms with Crippen molar-refractivity contribution in [2.75, 3.05) is 26.4 Å². The van der Waals surface area contributed by atoms with Crippen molar-refractivity contribution in [1.82, 2.24) is 0 Å². The summed E-state index contributed by atoms with van der Waals surface area (Å²) < 4.78 is 47.9. The van der Waals surface area contributed by atoms with E-state index >= 15 is 0 Å². The van der Waals surface area contributed by atoms with E-state index in [0.29, 0.717) is 25.7 Å². The van der Waals surface area contributed by atoms with E-state index in [1.807, 2.05) is 13.8 Å². The van der Waals surface area contributed by atoms with Crippen LogP contribution in [0.25, 0.3) is 0 Å². The highest BCUT2D eigenvalue weighted by Gasteiger charge is 2.73. The predicted octanol–water partition coefficient (Wildman–Crippen LogP) is -0.693. The van der Waals surface area contributed by atoms with Gasteiger partial charge >= 0.3 is 11.9 Å². The summed E-state index contributed by atoms with van der Waals surface area (Å²) in [4.78, 5) is 25.2. The molecule has 0 aromatic rings. The van der Waals surface area contributed by atoms with Gasteiger partial charge in [0.1, 0.15) is 79.9 Å². The van der Waals surface area contributed by atoms with Crippen LogP contribution in [0.4, 0.5) is 0 Å². The third-order valence-electron chi connectivity index (χ3n) is 19.8. The second-order valence-electron chi connectivity index (χ2n) is 24.5. The topological polar surface area (TPSA) is 331 Å². The average molecular weight is 1030 g/mol. The number of esters is 2. The SMILES string of the molecule is CC(=O)OCC12C(O)CC3(C)C(=CCC4C5(C)CCC(OC6OC(COC7OCC(O)C(O)C7O)C(O)C(O)C6OC6OC(CO)C(O)C(O)C6O)C(C)(C)C5CCC43C)C1CC(C)(C)C(O)C2OC(C)=O. The summed E-state index contributed by atoms with van der Waals surface area (Å²) in [5.74, 6) is -1.44. The molecule has 25 unspecified atom stereocenters. The number of ether oxygens (including phenoxy) is 8. The van der Waals surface area contributed by atoms with E-state index in [1.165, 1.54) is 13.8 Å². The Kier molecular flexibility index (Phi) is 15.7. The van der Waals surface area contributed by atoms with Crippen LogP contribution < -0.4 is 0 Å². The van der Waals surface area contributed by atoms with Crippen molar-refractivity contribution < 1.29 is 104 Å². The van der Waals surface area contributed by atoms with Crippen LogP contribution in [0.5, 0.6) is 0 Å². The van der Waals surface area contributed by atoms with E-state index in [1.54, 1.807) is 0 Å². The quantitative estimate of drug-likeness (QED) is 0.0693. The van der Waals surface area contributed by atoms with Gasteiger partial charge in [-0.15, -0.1) is 0 Å². The van der Waals surface area contributed by atoms with Crippen molar-refractivity contribution in [2.24, 2.45) is 50.2 Å². The highest BCUT2D eigenvalue weighted by Crippen LogP contribution is 2.76. The van der Waals surface area contributed by atoms with Gasteiger partial charge in [0, 0.05) is 13.8 Å². The number of hydrogen-bond donors (Lipinski definition) is 11. The smallest absolute Gasteiger partial charge is 0.303 e. The van der Waals surface area contributed by atoms with Gasteiger partial charge in [0.15, 0.2) is 18.9 Å². The molecule has 0 radical (unpaired) electrons. The molecule has 8 rings (SSSR count). The van der Waals surface area contributed by atoms with E-state index in [4.69, 9.17) is 37.9 Å². The Morgan fingerprint density at radius 3 is 2.01 bits per heavy atom. The third-order valence-corrected chi connectivity index (χ3v) is 19.8. The van der Waals surface area contributed by atoms with Crippen LogP contribution in [0.3, 0.4) is 0 Å². The number of hydrogen-bond acceptors (Lipinski definition) is 21. The first-order valence-corrected chi connectivity index (χ1v) is 25.8. The molecule has 0 aromatic carbocycles. The maximum absolute atomic E-state index is 12.7. The Bertz CT molecular complexity index is 2000. The maximum Gasteiger partial charge on any atom is 0.303 e. The number of fused-ring (bicyclic) bond motifs is 7. The molecule has 3 heterocycles. The number of aliphatic hydroxyl groups is 11. The summed E-state index contributed by atoms with van der Waals surface area (Å²) in [6.45, 7) is 15.7. The number of rotatable bonds is 11. The third kappa shape index (κ3) is 9.02. The molecule has 0 amide bonds. The minimum Gasteiger partial charge on any atom is -0.465 e. The van der Waals surface area contributed by atoms with E-state index in [-0.39, 0.29) is 42.3 Å². The van der Waals surface area contributed by atoms with Gasteiger partial charge in [-0.2, -0.15) is 0 Å². The number of allylic oxidation sites excluding steroid dienone is 2. The molecule has 3 aliphatic heterocycles. The lowest BCUT2D eigenvalue weighted by Gasteiger charge is -2.72. The standard InChI is InChI=1S/C51H82O21/c1-22(53)67-21-51-25(16-46(3,4)41(64)42(51)68-23(2)54)24-10-11-30-48(7)14-13-32(47(5,6)29(48)12-15-49(30,8)50(24,9)17-31(51)56)71-45-40(72-44-39(63)36(60)34(58)27(18-52)69-44)37(61)35(59)28(70-45)20-66-43-38(62)33(57)26(55)19-65-43/h10,25-45,52,55-64H,11-21H2,1-9H3. The Morgan fingerprint density at radius 2 is 1.36 bits per heavy atom. The normalized spacial score (nSPS) is 51.8. The maximum atomic E-state index is 12.7. The monoisotopic (exact) mass is 1030 g/mol. The van der Waals surface area contributed by atoms with Crippen molar-refractivity contribution in [3.63, 3.8) is 0 Å². The predicted molar refractivity (Wildman–Crippen MR) is 247 cm³/mol. The van der Waals surface area contributed by atoms with E-state index < -0.39 is 163 Å². The fraction of sp³-hybridized carbons (Fsp3) is 0.922. The second-order valence-corrected chi connectivity index (χ2v) is 24.5. The van der Waals surface area contributed by atoms with Crippen LogP contribution >= 0.6 is 0 Å². The molecule has 3 saturated heterocycles. The summed E-state index contributed by atoms with van der Waals surface area (Å²) in [5.41, 5.74) is -2.78. The van der Waals surface area contributed by atoms with Gasteiger partial charge in [0.2, 0.25) is 0 Å². The number of aliphatic hydroxyl groups excluding tert-OH is 11. The van der Waals surface area contributed by atoms with Crippen LogP contribution in [0, 0.1) is 50.2 Å². The largest absolute Gasteiger partial charge is 0.465 e. The van der Waals surface area contributed by atoms with E-state index in [9.17, 15) is 65.8 Å². The second kappa shape index (κ2) is 20.1. The zero-order chi connectivity index (χ0) is 53.0. The lowest BCUT2D eigenvalue weighted by molar-refractivity contribution is -0.381. The van der Waals surface area contributed by atoms with Gasteiger partial charge in [-0.25, -0.2) is 0 Å². The molecule has 4 saturated carbocycles. The zero-order valence-electron chi connectivity index (χ0n) is 43.0. The van der Waals surface area contributed by atoms with Gasteiger partial charge < -0.3 is 94.1 Å². The Balaban J connectivity index is 1.08. The van der Waals surface area contributed by atoms with Crippen molar-refractivity contribution in [1.29, 1.82) is 0 Å². The molecule has 0 aromatic heterocycles. The lowest BCUT2D eigenvalue weighted by atomic mass is 9.33. The van der Waals surface area contributed by atoms with Crippen LogP contribution in [-0.4, -0.2) is 205 Å². The molecule has 8 aliphatic rings. The van der Waals surface area contributed by atoms with Gasteiger partial charge in [-0.05, 0) is 89.8 Å². The Labute approximate surface area is 420 Å². The molecule has 412 valence electrons. The first-order valence-electron chi connectivity index (χ1n) is 25.8. The summed E-state index contributed by atoms with van der Waals surface area (Å²) in [6.07, 6.45) is -20.1. The first-order chi connectivity index (χ1) is 33.5. The number of carbonyl (C=O) groups excluding carboxylic acids is 2. The molecule has 7 fully saturated rings. The van der Waals surface area contributed by atoms with Crippen molar-refractivity contribution in [2.45, 2.75) is 218 Å². The molecule has 0 spiro atoms. The highest BCUT2D eigenvalue weighted by atomic mass is 16.8. The lowest BCUT2D eigenvalue weighted by Crippen LogP contribution is -2.72. The fourth-order valence-corrected chi connectivity index (χ4v) is 15.5. The molecule has 21 nitrogen and oxygen atoms in total. The molecular weight excluding hydrogens is 949 g/mol. The molecule has 21 heteroatoms. The van der Waals surface area contributed by atoms with Crippen LogP contribution in [0.2, 0.25) is 0 Å². The summed E-state index contributed by atoms with van der Waals surface area (Å²) in [5, 5.41) is 121. The summed E-state index contributed by atoms with van der Waals surface area (Å²) in [6, 6.07) is 0. The van der Waals surface area contributed by atoms with E-state index in [0.717, 1.165) is 18.4 Å². The zero-order valence-corrected chi connectivity index (χ0v) is 43.0. The van der Waals surface area contributed by atoms with Gasteiger partial charge in [-0.3, -0.25) is 9.59 Å². The molecule has 25 atom stereocenters. The molecule has 0 bridgehead atoms. The minimum absolute atomic E-state index is 0.0313. The molecule has 11 N–H and O–H groups in total. The molecule has 72 heavy (non-hydrogen) atoms.